The first-order valence-corrected chi connectivity index (χ1v) is 37.5. The quantitative estimate of drug-likeness (QED) is 0.0171. The van der Waals surface area contributed by atoms with E-state index in [2.05, 4.69) is 40.2 Å². The zero-order valence-corrected chi connectivity index (χ0v) is 65.1. The Labute approximate surface area is 637 Å². The van der Waals surface area contributed by atoms with Gasteiger partial charge < -0.3 is 71.9 Å². The van der Waals surface area contributed by atoms with E-state index < -0.39 is 89.7 Å². The van der Waals surface area contributed by atoms with Crippen LogP contribution in [0.4, 0.5) is 15.3 Å². The molecule has 1 aromatic heterocycles. The smallest absolute Gasteiger partial charge is 0.424 e. The molecule has 3 fully saturated rings. The summed E-state index contributed by atoms with van der Waals surface area (Å²) in [5.41, 5.74) is 4.40. The lowest BCUT2D eigenvalue weighted by Crippen LogP contribution is -2.63. The van der Waals surface area contributed by atoms with Crippen molar-refractivity contribution in [2.45, 2.75) is 179 Å². The van der Waals surface area contributed by atoms with Crippen LogP contribution in [0.3, 0.4) is 0 Å². The molecule has 27 heteroatoms. The van der Waals surface area contributed by atoms with Crippen LogP contribution in [0.5, 0.6) is 5.75 Å². The maximum absolute atomic E-state index is 14.7. The third kappa shape index (κ3) is 19.6. The Morgan fingerprint density at radius 3 is 2.18 bits per heavy atom. The SMILES string of the molecule is COc1cc2cc(c1Cl)N(C)C(=O)C[C@H](OC(=O)[C@H](C)N(C)C(=O)CCC(=O)N(CCOCCOCCC(=O)OC(C)(C)C)C1CCN(C(=O)CCn3c(CN(C)N(C)C(=O)OCC4c5ccccc5-c5ccccc54)cc4ccccc43)CC1)[C@]1(C)OC1[C@H](C)[C@@H]1C[C@@](O)(NC(=O)O1)[C@H](OC)/C=C/C=C(\C)C2. The molecule has 108 heavy (non-hydrogen) atoms. The number of methoxy groups -OCH3 is 2. The third-order valence-corrected chi connectivity index (χ3v) is 21.7. The van der Waals surface area contributed by atoms with Gasteiger partial charge in [0.1, 0.15) is 52.9 Å². The molecule has 0 spiro atoms. The Kier molecular flexibility index (Phi) is 26.9. The third-order valence-electron chi connectivity index (χ3n) is 21.3. The van der Waals surface area contributed by atoms with Crippen LogP contribution < -0.4 is 15.0 Å². The van der Waals surface area contributed by atoms with Gasteiger partial charge in [0.25, 0.3) is 0 Å². The minimum Gasteiger partial charge on any atom is -0.495 e. The van der Waals surface area contributed by atoms with Gasteiger partial charge in [0.2, 0.25) is 23.6 Å². The molecule has 10 rings (SSSR count). The topological polar surface area (TPSA) is 280 Å². The summed E-state index contributed by atoms with van der Waals surface area (Å²) in [6, 6.07) is 28.4. The van der Waals surface area contributed by atoms with Crippen molar-refractivity contribution in [2.75, 3.05) is 100.0 Å². The number of alkyl carbamates (subject to hydrolysis) is 1. The average molecular weight is 1510 g/mol. The number of epoxide rings is 1. The summed E-state index contributed by atoms with van der Waals surface area (Å²) in [6.07, 6.45) is 0.196. The first-order chi connectivity index (χ1) is 51.4. The van der Waals surface area contributed by atoms with Gasteiger partial charge in [-0.05, 0) is 118 Å². The number of allylic oxidation sites excluding steroid dienone is 3. The molecule has 3 saturated heterocycles. The molecule has 0 radical (unpaired) electrons. The van der Waals surface area contributed by atoms with Crippen molar-refractivity contribution in [2.24, 2.45) is 5.92 Å². The van der Waals surface area contributed by atoms with E-state index in [-0.39, 0.29) is 106 Å². The Hall–Kier alpha value is -8.89. The minimum atomic E-state index is -1.92. The van der Waals surface area contributed by atoms with Gasteiger partial charge in [-0.25, -0.2) is 24.4 Å². The van der Waals surface area contributed by atoms with Gasteiger partial charge in [0, 0.05) is 116 Å². The Bertz CT molecular complexity index is 4100. The van der Waals surface area contributed by atoms with Gasteiger partial charge >= 0.3 is 24.1 Å². The monoisotopic (exact) mass is 1510 g/mol. The number of nitrogens with one attached hydrogen (secondary N) is 1. The van der Waals surface area contributed by atoms with E-state index in [0.29, 0.717) is 56.9 Å². The molecular formula is C81H105ClN8O18. The van der Waals surface area contributed by atoms with Crippen molar-refractivity contribution in [1.29, 1.82) is 0 Å². The summed E-state index contributed by atoms with van der Waals surface area (Å²) >= 11 is 6.92. The molecule has 5 aliphatic rings. The van der Waals surface area contributed by atoms with Crippen molar-refractivity contribution in [3.05, 3.63) is 142 Å². The number of nitrogens with zero attached hydrogens (tertiary/aromatic N) is 7. The van der Waals surface area contributed by atoms with E-state index in [1.54, 1.807) is 82.9 Å². The van der Waals surface area contributed by atoms with Crippen LogP contribution in [0, 0.1) is 5.92 Å². The first kappa shape index (κ1) is 81.6. The highest BCUT2D eigenvalue weighted by Crippen LogP contribution is 2.50. The number of likely N-dealkylation sites (N-methyl/N-ethyl adjacent to an activating group) is 1. The van der Waals surface area contributed by atoms with Gasteiger partial charge in [-0.3, -0.25) is 29.3 Å². The number of aromatic nitrogens is 1. The van der Waals surface area contributed by atoms with E-state index in [1.165, 1.54) is 43.0 Å². The van der Waals surface area contributed by atoms with Crippen molar-refractivity contribution < 1.29 is 86.1 Å². The first-order valence-electron chi connectivity index (χ1n) is 37.1. The fourth-order valence-electron chi connectivity index (χ4n) is 14.9. The summed E-state index contributed by atoms with van der Waals surface area (Å²) in [6.45, 7) is 14.5. The number of piperidine rings is 1. The number of hydrogen-bond donors (Lipinski definition) is 2. The standard InChI is InChI=1S/C81H105ClN8O18/c1-51-21-20-28-67(101-13)81(99)48-66(105-77(97)83-81)52(2)75-80(7,108-75)68(47-72(94)86(10)64-44-54(43-51)45-65(100-12)74(64)82)106-76(96)53(3)85(9)69(91)29-30-71(93)90(38-40-103-42-41-102-39-34-73(95)107-79(4,5)6)56-31-35-88(36-32-56)70(92)33-37-89-57(46-55-22-14-19-27-63(55)89)49-84(8)87(11)78(98)104-50-62-60-25-17-15-23-58(60)59-24-16-18-26-61(59)62/h14-28,44-46,52-53,56,62,66-68,75,99H,29-43,47-50H2,1-13H3,(H,83,97)/b28-20+,51-21+/t52-,53+,66+,67-,68+,75?,80+,81+/m1/s1. The van der Waals surface area contributed by atoms with Crippen molar-refractivity contribution >= 4 is 75.9 Å². The van der Waals surface area contributed by atoms with E-state index in [9.17, 15) is 43.5 Å². The number of rotatable bonds is 26. The second kappa shape index (κ2) is 35.6. The number of anilines is 1. The summed E-state index contributed by atoms with van der Waals surface area (Å²) in [5, 5.41) is 19.0. The number of benzene rings is 4. The molecule has 1 unspecified atom stereocenters. The van der Waals surface area contributed by atoms with Crippen LogP contribution >= 0.6 is 11.6 Å². The van der Waals surface area contributed by atoms with E-state index in [4.69, 9.17) is 54.2 Å². The zero-order chi connectivity index (χ0) is 77.9. The van der Waals surface area contributed by atoms with Crippen LogP contribution in [-0.2, 0) is 86.2 Å². The Morgan fingerprint density at radius 1 is 0.843 bits per heavy atom. The van der Waals surface area contributed by atoms with Crippen LogP contribution in [0.1, 0.15) is 128 Å². The number of ether oxygens (including phenoxy) is 9. The highest BCUT2D eigenvalue weighted by Gasteiger charge is 2.64. The van der Waals surface area contributed by atoms with E-state index >= 15 is 0 Å². The van der Waals surface area contributed by atoms with Crippen LogP contribution in [-0.4, -0.2) is 231 Å². The highest BCUT2D eigenvalue weighted by atomic mass is 35.5. The molecule has 0 saturated carbocycles. The van der Waals surface area contributed by atoms with Gasteiger partial charge in [0.05, 0.1) is 64.7 Å². The lowest BCUT2D eigenvalue weighted by molar-refractivity contribution is -0.162. The normalized spacial score (nSPS) is 22.9. The lowest BCUT2D eigenvalue weighted by atomic mass is 9.83. The van der Waals surface area contributed by atoms with Crippen molar-refractivity contribution in [3.63, 3.8) is 0 Å². The average Bonchev–Trinajstić information content (AvgIpc) is 1.57. The van der Waals surface area contributed by atoms with Crippen LogP contribution in [0.15, 0.2) is 115 Å². The molecule has 584 valence electrons. The molecule has 5 heterocycles. The van der Waals surface area contributed by atoms with Gasteiger partial charge in [0.15, 0.2) is 5.72 Å². The van der Waals surface area contributed by atoms with E-state index in [1.807, 2.05) is 73.5 Å². The number of halogens is 1. The fourth-order valence-corrected chi connectivity index (χ4v) is 15.2. The fraction of sp³-hybridized carbons (Fsp3) is 0.531. The van der Waals surface area contributed by atoms with Gasteiger partial charge in [-0.2, -0.15) is 0 Å². The van der Waals surface area contributed by atoms with Crippen LogP contribution in [0.2, 0.25) is 5.02 Å². The second-order valence-corrected chi connectivity index (χ2v) is 30.3. The molecule has 8 atom stereocenters. The molecular weight excluding hydrogens is 1410 g/mol. The molecule has 6 amide bonds. The summed E-state index contributed by atoms with van der Waals surface area (Å²) in [4.78, 5) is 118. The molecule has 4 aliphatic heterocycles. The summed E-state index contributed by atoms with van der Waals surface area (Å²) < 4.78 is 55.0. The summed E-state index contributed by atoms with van der Waals surface area (Å²) in [5.74, 6) is -3.14. The van der Waals surface area contributed by atoms with Crippen LogP contribution in [0.25, 0.3) is 22.0 Å². The largest absolute Gasteiger partial charge is 0.495 e. The number of hydrazine groups is 1. The summed E-state index contributed by atoms with van der Waals surface area (Å²) in [7, 11) is 9.36. The molecule has 26 nitrogen and oxygen atoms in total. The number of esters is 2. The molecule has 1 aliphatic carbocycles. The number of carbonyl (C=O) groups is 8. The minimum absolute atomic E-state index is 0.0626. The molecule has 4 bridgehead atoms. The number of para-hydroxylation sites is 1. The predicted molar refractivity (Wildman–Crippen MR) is 404 cm³/mol. The van der Waals surface area contributed by atoms with Gasteiger partial charge in [-0.15, -0.1) is 0 Å². The maximum Gasteiger partial charge on any atom is 0.424 e. The molecule has 4 aromatic carbocycles. The highest BCUT2D eigenvalue weighted by molar-refractivity contribution is 6.35. The number of likely N-dealkylation sites (tertiary alicyclic amines) is 1. The Morgan fingerprint density at radius 2 is 1.50 bits per heavy atom. The van der Waals surface area contributed by atoms with Gasteiger partial charge in [-0.1, -0.05) is 109 Å². The number of fused-ring (bicyclic) bond motifs is 9. The maximum atomic E-state index is 14.7. The molecule has 2 N–H and O–H groups in total. The van der Waals surface area contributed by atoms with Crippen molar-refractivity contribution in [3.8, 4) is 16.9 Å². The van der Waals surface area contributed by atoms with E-state index in [0.717, 1.165) is 50.0 Å². The number of aryl methyl sites for hydroxylation is 1. The number of amides is 6. The molecule has 5 aromatic rings. The predicted octanol–water partition coefficient (Wildman–Crippen LogP) is 10.2. The second-order valence-electron chi connectivity index (χ2n) is 29.9. The number of hydrogen-bond acceptors (Lipinski definition) is 19. The zero-order valence-electron chi connectivity index (χ0n) is 64.3. The Balaban J connectivity index is 0.776. The number of carbonyl (C=O) groups excluding carboxylic acids is 8. The number of aliphatic hydroxyl groups is 1. The lowest BCUT2D eigenvalue weighted by Gasteiger charge is -2.42. The van der Waals surface area contributed by atoms with Crippen molar-refractivity contribution in [1.82, 2.24) is 34.6 Å².